The van der Waals surface area contributed by atoms with Crippen LogP contribution in [-0.4, -0.2) is 23.1 Å². The standard InChI is InChI=1S/C13H19N3/c1-4-10-7-8-11-12(9-10)15-13(14-11)16(5-2)6-3/h7-9H,4-6H2,1-3H3,(H,14,15). The van der Waals surface area contributed by atoms with Gasteiger partial charge in [0.25, 0.3) is 0 Å². The van der Waals surface area contributed by atoms with Gasteiger partial charge in [0.1, 0.15) is 0 Å². The van der Waals surface area contributed by atoms with Crippen molar-refractivity contribution in [2.24, 2.45) is 0 Å². The first-order valence-corrected chi connectivity index (χ1v) is 6.02. The van der Waals surface area contributed by atoms with Gasteiger partial charge in [0.2, 0.25) is 5.95 Å². The lowest BCUT2D eigenvalue weighted by Crippen LogP contribution is -2.22. The summed E-state index contributed by atoms with van der Waals surface area (Å²) < 4.78 is 0. The molecular weight excluding hydrogens is 198 g/mol. The molecule has 2 aromatic rings. The number of hydrogen-bond donors (Lipinski definition) is 1. The maximum Gasteiger partial charge on any atom is 0.203 e. The molecule has 16 heavy (non-hydrogen) atoms. The quantitative estimate of drug-likeness (QED) is 0.853. The number of aryl methyl sites for hydroxylation is 1. The number of H-pyrrole nitrogens is 1. The number of nitrogens with zero attached hydrogens (tertiary/aromatic N) is 2. The van der Waals surface area contributed by atoms with Crippen LogP contribution in [0.15, 0.2) is 18.2 Å². The van der Waals surface area contributed by atoms with E-state index < -0.39 is 0 Å². The van der Waals surface area contributed by atoms with Gasteiger partial charge < -0.3 is 9.88 Å². The van der Waals surface area contributed by atoms with Crippen LogP contribution in [0.1, 0.15) is 26.3 Å². The second kappa shape index (κ2) is 4.56. The van der Waals surface area contributed by atoms with Crippen LogP contribution in [0.3, 0.4) is 0 Å². The average Bonchev–Trinajstić information content (AvgIpc) is 2.72. The second-order valence-corrected chi connectivity index (χ2v) is 3.94. The largest absolute Gasteiger partial charge is 0.343 e. The molecule has 0 aliphatic heterocycles. The van der Waals surface area contributed by atoms with Crippen molar-refractivity contribution in [2.45, 2.75) is 27.2 Å². The van der Waals surface area contributed by atoms with Gasteiger partial charge in [-0.3, -0.25) is 0 Å². The van der Waals surface area contributed by atoms with E-state index in [4.69, 9.17) is 0 Å². The molecule has 86 valence electrons. The molecule has 0 saturated carbocycles. The van der Waals surface area contributed by atoms with E-state index in [0.717, 1.165) is 36.5 Å². The first kappa shape index (κ1) is 11.0. The molecule has 0 saturated heterocycles. The number of hydrogen-bond acceptors (Lipinski definition) is 2. The molecule has 1 aromatic heterocycles. The van der Waals surface area contributed by atoms with E-state index >= 15 is 0 Å². The molecule has 1 aromatic carbocycles. The Balaban J connectivity index is 2.43. The summed E-state index contributed by atoms with van der Waals surface area (Å²) in [4.78, 5) is 10.2. The summed E-state index contributed by atoms with van der Waals surface area (Å²) >= 11 is 0. The predicted molar refractivity (Wildman–Crippen MR) is 69.0 cm³/mol. The molecular formula is C13H19N3. The Bertz CT molecular complexity index is 469. The number of rotatable bonds is 4. The van der Waals surface area contributed by atoms with Gasteiger partial charge in [-0.1, -0.05) is 13.0 Å². The first-order valence-electron chi connectivity index (χ1n) is 6.02. The van der Waals surface area contributed by atoms with Crippen LogP contribution in [0.2, 0.25) is 0 Å². The number of fused-ring (bicyclic) bond motifs is 1. The van der Waals surface area contributed by atoms with Crippen molar-refractivity contribution in [1.82, 2.24) is 9.97 Å². The lowest BCUT2D eigenvalue weighted by atomic mass is 10.1. The normalized spacial score (nSPS) is 10.9. The van der Waals surface area contributed by atoms with E-state index in [0.29, 0.717) is 0 Å². The van der Waals surface area contributed by atoms with E-state index in [9.17, 15) is 0 Å². The van der Waals surface area contributed by atoms with Crippen LogP contribution in [0, 0.1) is 0 Å². The summed E-state index contributed by atoms with van der Waals surface area (Å²) in [7, 11) is 0. The van der Waals surface area contributed by atoms with Crippen LogP contribution in [-0.2, 0) is 6.42 Å². The molecule has 3 heteroatoms. The van der Waals surface area contributed by atoms with Crippen molar-refractivity contribution in [1.29, 1.82) is 0 Å². The number of nitrogens with one attached hydrogen (secondary N) is 1. The molecule has 1 N–H and O–H groups in total. The Morgan fingerprint density at radius 3 is 2.56 bits per heavy atom. The molecule has 0 atom stereocenters. The predicted octanol–water partition coefficient (Wildman–Crippen LogP) is 2.97. The van der Waals surface area contributed by atoms with Gasteiger partial charge in [0.05, 0.1) is 11.0 Å². The minimum absolute atomic E-state index is 0.980. The van der Waals surface area contributed by atoms with E-state index in [1.165, 1.54) is 5.56 Å². The fourth-order valence-corrected chi connectivity index (χ4v) is 1.94. The molecule has 0 unspecified atom stereocenters. The van der Waals surface area contributed by atoms with E-state index in [-0.39, 0.29) is 0 Å². The Labute approximate surface area is 96.5 Å². The van der Waals surface area contributed by atoms with Gasteiger partial charge in [-0.2, -0.15) is 0 Å². The number of imidazole rings is 1. The van der Waals surface area contributed by atoms with E-state index in [2.05, 4.69) is 53.8 Å². The fourth-order valence-electron chi connectivity index (χ4n) is 1.94. The topological polar surface area (TPSA) is 31.9 Å². The van der Waals surface area contributed by atoms with E-state index in [1.54, 1.807) is 0 Å². The van der Waals surface area contributed by atoms with Crippen LogP contribution in [0.25, 0.3) is 11.0 Å². The summed E-state index contributed by atoms with van der Waals surface area (Å²) in [6, 6.07) is 6.43. The summed E-state index contributed by atoms with van der Waals surface area (Å²) in [6.45, 7) is 8.43. The zero-order valence-corrected chi connectivity index (χ0v) is 10.2. The average molecular weight is 217 g/mol. The van der Waals surface area contributed by atoms with Gasteiger partial charge in [-0.25, -0.2) is 4.98 Å². The van der Waals surface area contributed by atoms with Gasteiger partial charge in [-0.05, 0) is 38.0 Å². The molecule has 0 bridgehead atoms. The molecule has 1 heterocycles. The Morgan fingerprint density at radius 2 is 1.94 bits per heavy atom. The van der Waals surface area contributed by atoms with Crippen molar-refractivity contribution in [2.75, 3.05) is 18.0 Å². The third kappa shape index (κ3) is 1.90. The van der Waals surface area contributed by atoms with E-state index in [1.807, 2.05) is 0 Å². The SMILES string of the molecule is CCc1ccc2nc(N(CC)CC)[nH]c2c1. The zero-order valence-electron chi connectivity index (χ0n) is 10.2. The van der Waals surface area contributed by atoms with Gasteiger partial charge in [-0.15, -0.1) is 0 Å². The molecule has 0 aliphatic rings. The van der Waals surface area contributed by atoms with Gasteiger partial charge in [0.15, 0.2) is 0 Å². The van der Waals surface area contributed by atoms with Crippen LogP contribution in [0.5, 0.6) is 0 Å². The number of benzene rings is 1. The zero-order chi connectivity index (χ0) is 11.5. The van der Waals surface area contributed by atoms with Crippen molar-refractivity contribution in [3.63, 3.8) is 0 Å². The Kier molecular flexibility index (Phi) is 3.13. The minimum atomic E-state index is 0.980. The van der Waals surface area contributed by atoms with Crippen LogP contribution >= 0.6 is 0 Å². The highest BCUT2D eigenvalue weighted by Gasteiger charge is 2.07. The molecule has 2 rings (SSSR count). The maximum absolute atomic E-state index is 4.60. The Hall–Kier alpha value is -1.51. The molecule has 3 nitrogen and oxygen atoms in total. The summed E-state index contributed by atoms with van der Waals surface area (Å²) in [5, 5.41) is 0. The summed E-state index contributed by atoms with van der Waals surface area (Å²) in [5.74, 6) is 0.980. The van der Waals surface area contributed by atoms with Gasteiger partial charge >= 0.3 is 0 Å². The monoisotopic (exact) mass is 217 g/mol. The molecule has 0 aliphatic carbocycles. The molecule has 0 fully saturated rings. The van der Waals surface area contributed by atoms with Crippen molar-refractivity contribution in [3.8, 4) is 0 Å². The highest BCUT2D eigenvalue weighted by Crippen LogP contribution is 2.18. The smallest absolute Gasteiger partial charge is 0.203 e. The third-order valence-corrected chi connectivity index (χ3v) is 3.01. The van der Waals surface area contributed by atoms with Crippen molar-refractivity contribution in [3.05, 3.63) is 23.8 Å². The summed E-state index contributed by atoms with van der Waals surface area (Å²) in [5.41, 5.74) is 3.54. The highest BCUT2D eigenvalue weighted by atomic mass is 15.2. The molecule has 0 amide bonds. The molecule has 0 radical (unpaired) electrons. The first-order chi connectivity index (χ1) is 7.78. The lowest BCUT2D eigenvalue weighted by Gasteiger charge is -2.16. The number of aromatic amines is 1. The number of anilines is 1. The number of aromatic nitrogens is 2. The van der Waals surface area contributed by atoms with Crippen LogP contribution < -0.4 is 4.90 Å². The highest BCUT2D eigenvalue weighted by molar-refractivity contribution is 5.78. The second-order valence-electron chi connectivity index (χ2n) is 3.94. The van der Waals surface area contributed by atoms with Gasteiger partial charge in [0, 0.05) is 13.1 Å². The van der Waals surface area contributed by atoms with Crippen LogP contribution in [0.4, 0.5) is 5.95 Å². The Morgan fingerprint density at radius 1 is 1.19 bits per heavy atom. The third-order valence-electron chi connectivity index (χ3n) is 3.01. The minimum Gasteiger partial charge on any atom is -0.343 e. The van der Waals surface area contributed by atoms with Crippen molar-refractivity contribution < 1.29 is 0 Å². The lowest BCUT2D eigenvalue weighted by molar-refractivity contribution is 0.835. The summed E-state index contributed by atoms with van der Waals surface area (Å²) in [6.07, 6.45) is 1.07. The maximum atomic E-state index is 4.60. The fraction of sp³-hybridized carbons (Fsp3) is 0.462. The molecule has 0 spiro atoms. The van der Waals surface area contributed by atoms with Crippen molar-refractivity contribution >= 4 is 17.0 Å².